The number of rotatable bonds is 13. The van der Waals surface area contributed by atoms with Crippen LogP contribution in [0.3, 0.4) is 0 Å². The fraction of sp³-hybridized carbons (Fsp3) is 0.594. The van der Waals surface area contributed by atoms with Crippen molar-refractivity contribution in [3.05, 3.63) is 47.0 Å². The minimum absolute atomic E-state index is 0. The summed E-state index contributed by atoms with van der Waals surface area (Å²) in [7, 11) is 4.92. The number of benzene rings is 2. The van der Waals surface area contributed by atoms with Gasteiger partial charge in [-0.2, -0.15) is 0 Å². The van der Waals surface area contributed by atoms with E-state index in [0.29, 0.717) is 23.7 Å². The number of morpholine rings is 1. The van der Waals surface area contributed by atoms with Crippen molar-refractivity contribution in [3.63, 3.8) is 0 Å². The van der Waals surface area contributed by atoms with Gasteiger partial charge in [-0.1, -0.05) is 59.1 Å². The number of nitrogens with zero attached hydrogens (tertiary/aromatic N) is 1. The second-order valence-electron chi connectivity index (χ2n) is 11.4. The zero-order valence-electron chi connectivity index (χ0n) is 25.4. The Morgan fingerprint density at radius 2 is 1.65 bits per heavy atom. The van der Waals surface area contributed by atoms with Gasteiger partial charge in [0.1, 0.15) is 17.2 Å². The lowest BCUT2D eigenvalue weighted by molar-refractivity contribution is -0.116. The lowest BCUT2D eigenvalue weighted by Crippen LogP contribution is -2.35. The van der Waals surface area contributed by atoms with Crippen molar-refractivity contribution < 1.29 is 23.7 Å². The Morgan fingerprint density at radius 3 is 2.20 bits per heavy atom. The standard InChI is InChI=1S/C32H48N2O5.ClH/c1-8-9-10-11-24(31-28(37-6)20-25(36-5)21-29(31)38-7)19-30(35)33-27-18-23(12-13-26(27)32(2,3)4)22-34-14-16-39-17-15-34;/h12-13,18,20-21,24H,8-11,14-17,19,22H2,1-7H3,(H,33,35);1H. The molecule has 1 aliphatic rings. The zero-order valence-corrected chi connectivity index (χ0v) is 26.2. The van der Waals surface area contributed by atoms with E-state index in [0.717, 1.165) is 75.3 Å². The smallest absolute Gasteiger partial charge is 0.224 e. The summed E-state index contributed by atoms with van der Waals surface area (Å²) < 4.78 is 22.5. The Morgan fingerprint density at radius 1 is 1.00 bits per heavy atom. The van der Waals surface area contributed by atoms with Crippen molar-refractivity contribution in [2.45, 2.75) is 77.7 Å². The number of hydrogen-bond donors (Lipinski definition) is 1. The minimum atomic E-state index is -0.108. The first-order valence-electron chi connectivity index (χ1n) is 14.2. The highest BCUT2D eigenvalue weighted by atomic mass is 35.5. The van der Waals surface area contributed by atoms with Crippen LogP contribution in [0, 0.1) is 0 Å². The number of amides is 1. The Bertz CT molecular complexity index is 1050. The van der Waals surface area contributed by atoms with Crippen molar-refractivity contribution >= 4 is 24.0 Å². The Balaban J connectivity index is 0.00000560. The second kappa shape index (κ2) is 16.1. The molecule has 40 heavy (non-hydrogen) atoms. The van der Waals surface area contributed by atoms with Gasteiger partial charge in [-0.05, 0) is 34.9 Å². The topological polar surface area (TPSA) is 69.3 Å². The molecule has 0 spiro atoms. The molecule has 0 saturated carbocycles. The minimum Gasteiger partial charge on any atom is -0.496 e. The number of anilines is 1. The van der Waals surface area contributed by atoms with Gasteiger partial charge in [0.05, 0.1) is 34.5 Å². The van der Waals surface area contributed by atoms with Crippen LogP contribution in [0.15, 0.2) is 30.3 Å². The van der Waals surface area contributed by atoms with Gasteiger partial charge in [0.15, 0.2) is 0 Å². The van der Waals surface area contributed by atoms with E-state index in [4.69, 9.17) is 18.9 Å². The quantitative estimate of drug-likeness (QED) is 0.260. The molecule has 2 aromatic carbocycles. The number of unbranched alkanes of at least 4 members (excludes halogenated alkanes) is 2. The first-order chi connectivity index (χ1) is 18.7. The number of nitrogens with one attached hydrogen (secondary N) is 1. The average Bonchev–Trinajstić information content (AvgIpc) is 2.91. The molecular weight excluding hydrogens is 528 g/mol. The van der Waals surface area contributed by atoms with Gasteiger partial charge >= 0.3 is 0 Å². The van der Waals surface area contributed by atoms with Crippen LogP contribution in [0.4, 0.5) is 5.69 Å². The highest BCUT2D eigenvalue weighted by Gasteiger charge is 2.26. The van der Waals surface area contributed by atoms with Crippen molar-refractivity contribution in [2.75, 3.05) is 52.9 Å². The van der Waals surface area contributed by atoms with Crippen molar-refractivity contribution in [3.8, 4) is 17.2 Å². The molecule has 1 saturated heterocycles. The van der Waals surface area contributed by atoms with Crippen LogP contribution in [-0.2, 0) is 21.5 Å². The van der Waals surface area contributed by atoms with Gasteiger partial charge in [-0.15, -0.1) is 12.4 Å². The van der Waals surface area contributed by atoms with Crippen LogP contribution >= 0.6 is 12.4 Å². The number of carbonyl (C=O) groups is 1. The maximum atomic E-state index is 13.7. The largest absolute Gasteiger partial charge is 0.496 e. The first kappa shape index (κ1) is 33.7. The zero-order chi connectivity index (χ0) is 28.4. The van der Waals surface area contributed by atoms with Crippen molar-refractivity contribution in [1.29, 1.82) is 0 Å². The second-order valence-corrected chi connectivity index (χ2v) is 11.4. The Labute approximate surface area is 247 Å². The van der Waals surface area contributed by atoms with Crippen LogP contribution < -0.4 is 19.5 Å². The fourth-order valence-corrected chi connectivity index (χ4v) is 5.31. The predicted molar refractivity (Wildman–Crippen MR) is 165 cm³/mol. The molecule has 1 heterocycles. The van der Waals surface area contributed by atoms with E-state index in [-0.39, 0.29) is 29.6 Å². The molecule has 1 unspecified atom stereocenters. The van der Waals surface area contributed by atoms with Gasteiger partial charge in [0.25, 0.3) is 0 Å². The van der Waals surface area contributed by atoms with E-state index in [1.807, 2.05) is 12.1 Å². The summed E-state index contributed by atoms with van der Waals surface area (Å²) in [5.74, 6) is 1.97. The molecule has 1 aliphatic heterocycles. The SMILES string of the molecule is CCCCCC(CC(=O)Nc1cc(CN2CCOCC2)ccc1C(C)(C)C)c1c(OC)cc(OC)cc1OC.Cl. The van der Waals surface area contributed by atoms with E-state index >= 15 is 0 Å². The lowest BCUT2D eigenvalue weighted by Gasteiger charge is -2.28. The predicted octanol–water partition coefficient (Wildman–Crippen LogP) is 6.96. The molecule has 1 amide bonds. The third-order valence-corrected chi connectivity index (χ3v) is 7.43. The highest BCUT2D eigenvalue weighted by Crippen LogP contribution is 2.43. The van der Waals surface area contributed by atoms with Gasteiger partial charge in [0.2, 0.25) is 5.91 Å². The number of methoxy groups -OCH3 is 3. The number of halogens is 1. The van der Waals surface area contributed by atoms with Crippen LogP contribution in [0.25, 0.3) is 0 Å². The average molecular weight is 577 g/mol. The highest BCUT2D eigenvalue weighted by molar-refractivity contribution is 5.92. The van der Waals surface area contributed by atoms with E-state index in [9.17, 15) is 4.79 Å². The molecule has 3 rings (SSSR count). The molecule has 0 radical (unpaired) electrons. The van der Waals surface area contributed by atoms with E-state index in [1.165, 1.54) is 5.56 Å². The molecule has 1 fully saturated rings. The lowest BCUT2D eigenvalue weighted by atomic mass is 9.84. The van der Waals surface area contributed by atoms with Crippen molar-refractivity contribution in [1.82, 2.24) is 4.90 Å². The molecule has 2 aromatic rings. The molecule has 8 heteroatoms. The third kappa shape index (κ3) is 9.28. The molecule has 0 aliphatic carbocycles. The summed E-state index contributed by atoms with van der Waals surface area (Å²) in [5, 5.41) is 3.29. The Kier molecular flexibility index (Phi) is 13.6. The molecule has 0 bridgehead atoms. The summed E-state index contributed by atoms with van der Waals surface area (Å²) in [6, 6.07) is 10.2. The third-order valence-electron chi connectivity index (χ3n) is 7.43. The maximum absolute atomic E-state index is 13.7. The van der Waals surface area contributed by atoms with Gasteiger partial charge in [-0.3, -0.25) is 9.69 Å². The van der Waals surface area contributed by atoms with Gasteiger partial charge < -0.3 is 24.3 Å². The maximum Gasteiger partial charge on any atom is 0.224 e. The first-order valence-corrected chi connectivity index (χ1v) is 14.2. The van der Waals surface area contributed by atoms with Crippen molar-refractivity contribution in [2.24, 2.45) is 0 Å². The summed E-state index contributed by atoms with van der Waals surface area (Å²) in [6.45, 7) is 13.0. The van der Waals surface area contributed by atoms with Crippen LogP contribution in [-0.4, -0.2) is 58.4 Å². The van der Waals surface area contributed by atoms with Gasteiger partial charge in [0, 0.05) is 49.4 Å². The molecule has 0 aromatic heterocycles. The molecule has 224 valence electrons. The fourth-order valence-electron chi connectivity index (χ4n) is 5.31. The molecular formula is C32H49ClN2O5. The summed E-state index contributed by atoms with van der Waals surface area (Å²) in [4.78, 5) is 16.1. The summed E-state index contributed by atoms with van der Waals surface area (Å²) >= 11 is 0. The molecule has 1 N–H and O–H groups in total. The van der Waals surface area contributed by atoms with Crippen LogP contribution in [0.2, 0.25) is 0 Å². The van der Waals surface area contributed by atoms with Gasteiger partial charge in [-0.25, -0.2) is 0 Å². The van der Waals surface area contributed by atoms with Crippen LogP contribution in [0.1, 0.15) is 82.4 Å². The van der Waals surface area contributed by atoms with Crippen LogP contribution in [0.5, 0.6) is 17.2 Å². The normalized spacial score (nSPS) is 14.7. The molecule has 1 atom stereocenters. The number of ether oxygens (including phenoxy) is 4. The monoisotopic (exact) mass is 576 g/mol. The molecule has 7 nitrogen and oxygen atoms in total. The van der Waals surface area contributed by atoms with E-state index in [1.54, 1.807) is 21.3 Å². The summed E-state index contributed by atoms with van der Waals surface area (Å²) in [5.41, 5.74) is 4.02. The number of carbonyl (C=O) groups excluding carboxylic acids is 1. The van der Waals surface area contributed by atoms with E-state index in [2.05, 4.69) is 56.1 Å². The summed E-state index contributed by atoms with van der Waals surface area (Å²) in [6.07, 6.45) is 4.44. The Hall–Kier alpha value is -2.48. The number of hydrogen-bond acceptors (Lipinski definition) is 6. The van der Waals surface area contributed by atoms with E-state index < -0.39 is 0 Å².